The minimum absolute atomic E-state index is 0.0874. The summed E-state index contributed by atoms with van der Waals surface area (Å²) in [5, 5.41) is 9.01. The fourth-order valence-corrected chi connectivity index (χ4v) is 5.03. The number of hydrogen-bond donors (Lipinski definition) is 1. The van der Waals surface area contributed by atoms with E-state index in [9.17, 15) is 9.59 Å². The molecule has 0 spiro atoms. The summed E-state index contributed by atoms with van der Waals surface area (Å²) in [4.78, 5) is 31.7. The van der Waals surface area contributed by atoms with Gasteiger partial charge in [-0.1, -0.05) is 36.4 Å². The Balaban J connectivity index is 1.34. The van der Waals surface area contributed by atoms with Crippen molar-refractivity contribution in [3.8, 4) is 0 Å². The van der Waals surface area contributed by atoms with Crippen LogP contribution in [0.2, 0.25) is 0 Å². The molecule has 182 valence electrons. The van der Waals surface area contributed by atoms with Gasteiger partial charge in [-0.25, -0.2) is 0 Å². The lowest BCUT2D eigenvalue weighted by atomic mass is 10.0. The second-order valence-corrected chi connectivity index (χ2v) is 9.47. The van der Waals surface area contributed by atoms with E-state index in [2.05, 4.69) is 35.8 Å². The molecule has 0 aromatic heterocycles. The van der Waals surface area contributed by atoms with Crippen molar-refractivity contribution in [3.63, 3.8) is 0 Å². The molecule has 2 aliphatic rings. The molecule has 2 aromatic carbocycles. The number of rotatable bonds is 7. The summed E-state index contributed by atoms with van der Waals surface area (Å²) in [7, 11) is 0. The standard InChI is InChI=1S/C27H35N3O4/c1-20-15-29(18-23-3-7-24(8-4-23)26(32)19-31)16-21(2)30(20)27(33)25-9-5-22(6-10-25)17-28-11-13-34-14-12-28/h3-10,20-21,31H,11-19H2,1-2H3/t20-,21+. The molecule has 0 bridgehead atoms. The number of Topliss-reactive ketones (excluding diaryl/α,β-unsaturated/α-hetero) is 1. The SMILES string of the molecule is C[C@@H]1CN(Cc2ccc(C(=O)CO)cc2)C[C@H](C)N1C(=O)c1ccc(CN2CCOCC2)cc1. The Morgan fingerprint density at radius 3 is 1.85 bits per heavy atom. The zero-order valence-corrected chi connectivity index (χ0v) is 20.2. The Morgan fingerprint density at radius 1 is 0.824 bits per heavy atom. The van der Waals surface area contributed by atoms with Crippen LogP contribution < -0.4 is 0 Å². The summed E-state index contributed by atoms with van der Waals surface area (Å²) < 4.78 is 5.42. The smallest absolute Gasteiger partial charge is 0.254 e. The van der Waals surface area contributed by atoms with E-state index in [1.165, 1.54) is 5.56 Å². The summed E-state index contributed by atoms with van der Waals surface area (Å²) in [6.07, 6.45) is 0. The molecule has 4 rings (SSSR count). The maximum absolute atomic E-state index is 13.3. The maximum Gasteiger partial charge on any atom is 0.254 e. The second kappa shape index (κ2) is 11.2. The van der Waals surface area contributed by atoms with Crippen LogP contribution in [0.25, 0.3) is 0 Å². The molecule has 2 heterocycles. The van der Waals surface area contributed by atoms with Gasteiger partial charge in [0.2, 0.25) is 0 Å². The molecule has 0 unspecified atom stereocenters. The van der Waals surface area contributed by atoms with E-state index in [4.69, 9.17) is 9.84 Å². The molecular weight excluding hydrogens is 430 g/mol. The Morgan fingerprint density at radius 2 is 1.32 bits per heavy atom. The lowest BCUT2D eigenvalue weighted by molar-refractivity contribution is 0.0268. The summed E-state index contributed by atoms with van der Waals surface area (Å²) in [5.74, 6) is -0.181. The molecule has 0 aliphatic carbocycles. The van der Waals surface area contributed by atoms with Crippen LogP contribution in [0.5, 0.6) is 0 Å². The van der Waals surface area contributed by atoms with Crippen LogP contribution >= 0.6 is 0 Å². The van der Waals surface area contributed by atoms with Crippen molar-refractivity contribution in [2.75, 3.05) is 46.0 Å². The van der Waals surface area contributed by atoms with Gasteiger partial charge in [0.15, 0.2) is 5.78 Å². The summed E-state index contributed by atoms with van der Waals surface area (Å²) in [6.45, 7) is 10.5. The van der Waals surface area contributed by atoms with E-state index in [1.807, 2.05) is 29.2 Å². The lowest BCUT2D eigenvalue weighted by Gasteiger charge is -2.44. The van der Waals surface area contributed by atoms with Gasteiger partial charge in [0.1, 0.15) is 6.61 Å². The van der Waals surface area contributed by atoms with Crippen molar-refractivity contribution >= 4 is 11.7 Å². The molecule has 1 amide bonds. The van der Waals surface area contributed by atoms with Crippen molar-refractivity contribution < 1.29 is 19.4 Å². The molecule has 7 nitrogen and oxygen atoms in total. The highest BCUT2D eigenvalue weighted by molar-refractivity contribution is 5.97. The molecule has 2 atom stereocenters. The van der Waals surface area contributed by atoms with Crippen LogP contribution in [0, 0.1) is 0 Å². The average Bonchev–Trinajstić information content (AvgIpc) is 2.84. The van der Waals surface area contributed by atoms with E-state index in [1.54, 1.807) is 12.1 Å². The first-order chi connectivity index (χ1) is 16.4. The highest BCUT2D eigenvalue weighted by atomic mass is 16.5. The van der Waals surface area contributed by atoms with Crippen LogP contribution in [0.4, 0.5) is 0 Å². The number of carbonyl (C=O) groups is 2. The van der Waals surface area contributed by atoms with Crippen molar-refractivity contribution in [2.45, 2.75) is 39.0 Å². The Kier molecular flexibility index (Phi) is 8.11. The molecule has 2 aromatic rings. The average molecular weight is 466 g/mol. The number of aliphatic hydroxyl groups excluding tert-OH is 1. The normalized spacial score (nSPS) is 22.0. The largest absolute Gasteiger partial charge is 0.388 e. The predicted octanol–water partition coefficient (Wildman–Crippen LogP) is 2.43. The van der Waals surface area contributed by atoms with Crippen molar-refractivity contribution in [1.29, 1.82) is 0 Å². The van der Waals surface area contributed by atoms with Crippen molar-refractivity contribution in [2.24, 2.45) is 0 Å². The van der Waals surface area contributed by atoms with Gasteiger partial charge in [-0.05, 0) is 37.1 Å². The van der Waals surface area contributed by atoms with Gasteiger partial charge in [0.25, 0.3) is 5.91 Å². The number of nitrogens with zero attached hydrogens (tertiary/aromatic N) is 3. The third-order valence-electron chi connectivity index (χ3n) is 6.77. The Labute approximate surface area is 201 Å². The minimum Gasteiger partial charge on any atom is -0.388 e. The van der Waals surface area contributed by atoms with Gasteiger partial charge < -0.3 is 14.7 Å². The third kappa shape index (κ3) is 5.91. The summed E-state index contributed by atoms with van der Waals surface area (Å²) in [5.41, 5.74) is 3.60. The number of hydrogen-bond acceptors (Lipinski definition) is 6. The van der Waals surface area contributed by atoms with Gasteiger partial charge in [-0.15, -0.1) is 0 Å². The van der Waals surface area contributed by atoms with Crippen LogP contribution in [-0.4, -0.2) is 89.6 Å². The zero-order chi connectivity index (χ0) is 24.1. The lowest BCUT2D eigenvalue weighted by Crippen LogP contribution is -2.58. The van der Waals surface area contributed by atoms with Crippen LogP contribution in [0.15, 0.2) is 48.5 Å². The first-order valence-corrected chi connectivity index (χ1v) is 12.1. The summed E-state index contributed by atoms with van der Waals surface area (Å²) in [6, 6.07) is 15.7. The van der Waals surface area contributed by atoms with E-state index in [0.29, 0.717) is 5.56 Å². The van der Waals surface area contributed by atoms with E-state index in [0.717, 1.165) is 63.6 Å². The number of aliphatic hydroxyl groups is 1. The molecule has 2 aliphatic heterocycles. The Bertz CT molecular complexity index is 958. The minimum atomic E-state index is -0.471. The Hall–Kier alpha value is -2.58. The number of morpholine rings is 1. The molecule has 2 fully saturated rings. The zero-order valence-electron chi connectivity index (χ0n) is 20.2. The number of piperazine rings is 1. The fraction of sp³-hybridized carbons (Fsp3) is 0.481. The fourth-order valence-electron chi connectivity index (χ4n) is 5.03. The highest BCUT2D eigenvalue weighted by Crippen LogP contribution is 2.21. The van der Waals surface area contributed by atoms with Gasteiger partial charge in [0.05, 0.1) is 13.2 Å². The number of ether oxygens (including phenoxy) is 1. The third-order valence-corrected chi connectivity index (χ3v) is 6.77. The van der Waals surface area contributed by atoms with Gasteiger partial charge >= 0.3 is 0 Å². The first kappa shape index (κ1) is 24.5. The molecule has 34 heavy (non-hydrogen) atoms. The van der Waals surface area contributed by atoms with Crippen molar-refractivity contribution in [3.05, 3.63) is 70.8 Å². The quantitative estimate of drug-likeness (QED) is 0.634. The van der Waals surface area contributed by atoms with E-state index in [-0.39, 0.29) is 23.8 Å². The number of benzene rings is 2. The topological polar surface area (TPSA) is 73.3 Å². The van der Waals surface area contributed by atoms with Crippen LogP contribution in [-0.2, 0) is 17.8 Å². The van der Waals surface area contributed by atoms with E-state index < -0.39 is 6.61 Å². The van der Waals surface area contributed by atoms with Crippen LogP contribution in [0.1, 0.15) is 45.7 Å². The van der Waals surface area contributed by atoms with Gasteiger partial charge in [-0.3, -0.25) is 19.4 Å². The molecule has 0 saturated carbocycles. The molecule has 0 radical (unpaired) electrons. The van der Waals surface area contributed by atoms with Crippen molar-refractivity contribution in [1.82, 2.24) is 14.7 Å². The monoisotopic (exact) mass is 465 g/mol. The molecule has 7 heteroatoms. The summed E-state index contributed by atoms with van der Waals surface area (Å²) >= 11 is 0. The predicted molar refractivity (Wildman–Crippen MR) is 131 cm³/mol. The molecule has 2 saturated heterocycles. The highest BCUT2D eigenvalue weighted by Gasteiger charge is 2.33. The number of amides is 1. The molecule has 1 N–H and O–H groups in total. The maximum atomic E-state index is 13.3. The van der Waals surface area contributed by atoms with Gasteiger partial charge in [-0.2, -0.15) is 0 Å². The van der Waals surface area contributed by atoms with E-state index >= 15 is 0 Å². The first-order valence-electron chi connectivity index (χ1n) is 12.1. The number of ketones is 1. The second-order valence-electron chi connectivity index (χ2n) is 9.47. The van der Waals surface area contributed by atoms with Crippen LogP contribution in [0.3, 0.4) is 0 Å². The number of carbonyl (C=O) groups excluding carboxylic acids is 2. The molecular formula is C27H35N3O4. The van der Waals surface area contributed by atoms with Gasteiger partial charge in [0, 0.05) is 62.5 Å².